The zero-order chi connectivity index (χ0) is 15.3. The number of hydrogen-bond acceptors (Lipinski definition) is 3. The molecule has 1 aromatic rings. The van der Waals surface area contributed by atoms with Gasteiger partial charge in [-0.1, -0.05) is 36.8 Å². The quantitative estimate of drug-likeness (QED) is 0.871. The summed E-state index contributed by atoms with van der Waals surface area (Å²) < 4.78 is 5.82. The van der Waals surface area contributed by atoms with Crippen molar-refractivity contribution in [2.24, 2.45) is 0 Å². The molecule has 118 valence electrons. The van der Waals surface area contributed by atoms with Crippen LogP contribution in [-0.2, 0) is 4.74 Å². The summed E-state index contributed by atoms with van der Waals surface area (Å²) in [6, 6.07) is 9.33. The molecule has 1 unspecified atom stereocenters. The minimum atomic E-state index is -0.0270. The van der Waals surface area contributed by atoms with Gasteiger partial charge in [0.05, 0.1) is 12.2 Å². The van der Waals surface area contributed by atoms with Crippen molar-refractivity contribution in [2.45, 2.75) is 45.8 Å². The van der Waals surface area contributed by atoms with Crippen LogP contribution in [0.1, 0.15) is 44.4 Å². The molecule has 1 saturated heterocycles. The number of ether oxygens (including phenoxy) is 1. The molecule has 0 aliphatic carbocycles. The summed E-state index contributed by atoms with van der Waals surface area (Å²) in [5, 5.41) is 3.70. The Morgan fingerprint density at radius 3 is 2.62 bits per heavy atom. The Morgan fingerprint density at radius 1 is 1.29 bits per heavy atom. The second kappa shape index (κ2) is 7.39. The summed E-state index contributed by atoms with van der Waals surface area (Å²) in [6.07, 6.45) is 1.16. The molecule has 2 rings (SSSR count). The van der Waals surface area contributed by atoms with Crippen LogP contribution < -0.4 is 5.32 Å². The normalized spacial score (nSPS) is 20.4. The molecule has 3 heteroatoms. The summed E-state index contributed by atoms with van der Waals surface area (Å²) in [4.78, 5) is 2.52. The summed E-state index contributed by atoms with van der Waals surface area (Å²) in [7, 11) is 0. The van der Waals surface area contributed by atoms with Crippen molar-refractivity contribution in [1.29, 1.82) is 0 Å². The van der Waals surface area contributed by atoms with Gasteiger partial charge in [0.1, 0.15) is 0 Å². The van der Waals surface area contributed by atoms with Crippen molar-refractivity contribution in [1.82, 2.24) is 10.2 Å². The summed E-state index contributed by atoms with van der Waals surface area (Å²) in [6.45, 7) is 13.7. The van der Waals surface area contributed by atoms with E-state index in [1.807, 2.05) is 0 Å². The minimum Gasteiger partial charge on any atom is -0.373 e. The molecule has 0 bridgehead atoms. The molecule has 21 heavy (non-hydrogen) atoms. The molecule has 1 heterocycles. The Labute approximate surface area is 129 Å². The van der Waals surface area contributed by atoms with Crippen molar-refractivity contribution in [3.05, 3.63) is 35.4 Å². The molecule has 1 aliphatic heterocycles. The van der Waals surface area contributed by atoms with E-state index >= 15 is 0 Å². The fourth-order valence-corrected chi connectivity index (χ4v) is 2.93. The second-order valence-corrected chi connectivity index (χ2v) is 6.76. The molecular weight excluding hydrogens is 260 g/mol. The molecule has 0 saturated carbocycles. The summed E-state index contributed by atoms with van der Waals surface area (Å²) in [5.74, 6) is 0. The van der Waals surface area contributed by atoms with E-state index in [9.17, 15) is 0 Å². The van der Waals surface area contributed by atoms with E-state index in [1.54, 1.807) is 0 Å². The largest absolute Gasteiger partial charge is 0.373 e. The SMILES string of the molecule is CCCNC(CN1CCOC(C)(C)C1)c1ccc(C)cc1. The van der Waals surface area contributed by atoms with Gasteiger partial charge in [-0.15, -0.1) is 0 Å². The van der Waals surface area contributed by atoms with Crippen LogP contribution in [0, 0.1) is 6.92 Å². The standard InChI is InChI=1S/C18H30N2O/c1-5-10-19-17(16-8-6-15(2)7-9-16)13-20-11-12-21-18(3,4)14-20/h6-9,17,19H,5,10-14H2,1-4H3. The van der Waals surface area contributed by atoms with Crippen molar-refractivity contribution in [2.75, 3.05) is 32.8 Å². The minimum absolute atomic E-state index is 0.0270. The van der Waals surface area contributed by atoms with Gasteiger partial charge in [-0.3, -0.25) is 4.90 Å². The molecule has 1 N–H and O–H groups in total. The van der Waals surface area contributed by atoms with Crippen LogP contribution in [0.5, 0.6) is 0 Å². The number of aryl methyl sites for hydroxylation is 1. The number of rotatable bonds is 6. The maximum Gasteiger partial charge on any atom is 0.0753 e. The van der Waals surface area contributed by atoms with Crippen LogP contribution >= 0.6 is 0 Å². The van der Waals surface area contributed by atoms with E-state index in [0.717, 1.165) is 39.2 Å². The van der Waals surface area contributed by atoms with Crippen molar-refractivity contribution in [3.63, 3.8) is 0 Å². The highest BCUT2D eigenvalue weighted by Crippen LogP contribution is 2.21. The maximum atomic E-state index is 5.82. The van der Waals surface area contributed by atoms with E-state index in [-0.39, 0.29) is 5.60 Å². The Balaban J connectivity index is 2.03. The third kappa shape index (κ3) is 5.10. The molecule has 0 aromatic heterocycles. The highest BCUT2D eigenvalue weighted by atomic mass is 16.5. The van der Waals surface area contributed by atoms with Gasteiger partial charge in [-0.05, 0) is 39.3 Å². The highest BCUT2D eigenvalue weighted by molar-refractivity contribution is 5.24. The van der Waals surface area contributed by atoms with Gasteiger partial charge in [-0.2, -0.15) is 0 Å². The number of nitrogens with zero attached hydrogens (tertiary/aromatic N) is 1. The Bertz CT molecular complexity index is 427. The predicted octanol–water partition coefficient (Wildman–Crippen LogP) is 3.15. The third-order valence-corrected chi connectivity index (χ3v) is 4.07. The summed E-state index contributed by atoms with van der Waals surface area (Å²) in [5.41, 5.74) is 2.68. The third-order valence-electron chi connectivity index (χ3n) is 4.07. The predicted molar refractivity (Wildman–Crippen MR) is 88.7 cm³/mol. The molecule has 0 amide bonds. The number of morpholine rings is 1. The zero-order valence-corrected chi connectivity index (χ0v) is 14.0. The van der Waals surface area contributed by atoms with E-state index in [4.69, 9.17) is 4.74 Å². The lowest BCUT2D eigenvalue weighted by Crippen LogP contribution is -2.50. The second-order valence-electron chi connectivity index (χ2n) is 6.76. The lowest BCUT2D eigenvalue weighted by molar-refractivity contribution is -0.0876. The van der Waals surface area contributed by atoms with E-state index in [0.29, 0.717) is 6.04 Å². The molecule has 0 spiro atoms. The van der Waals surface area contributed by atoms with Gasteiger partial charge in [0.25, 0.3) is 0 Å². The van der Waals surface area contributed by atoms with Gasteiger partial charge >= 0.3 is 0 Å². The van der Waals surface area contributed by atoms with Crippen LogP contribution in [0.2, 0.25) is 0 Å². The van der Waals surface area contributed by atoms with Crippen LogP contribution in [-0.4, -0.2) is 43.3 Å². The first-order chi connectivity index (χ1) is 10.00. The lowest BCUT2D eigenvalue weighted by atomic mass is 10.0. The van der Waals surface area contributed by atoms with Gasteiger partial charge in [0.2, 0.25) is 0 Å². The topological polar surface area (TPSA) is 24.5 Å². The van der Waals surface area contributed by atoms with Gasteiger partial charge in [-0.25, -0.2) is 0 Å². The van der Waals surface area contributed by atoms with Gasteiger partial charge in [0, 0.05) is 25.7 Å². The fraction of sp³-hybridized carbons (Fsp3) is 0.667. The van der Waals surface area contributed by atoms with E-state index in [2.05, 4.69) is 62.2 Å². The molecular formula is C18H30N2O. The van der Waals surface area contributed by atoms with Crippen molar-refractivity contribution < 1.29 is 4.74 Å². The first-order valence-electron chi connectivity index (χ1n) is 8.16. The Morgan fingerprint density at radius 2 is 2.00 bits per heavy atom. The summed E-state index contributed by atoms with van der Waals surface area (Å²) >= 11 is 0. The average Bonchev–Trinajstić information content (AvgIpc) is 2.43. The zero-order valence-electron chi connectivity index (χ0n) is 14.0. The van der Waals surface area contributed by atoms with Gasteiger partial charge in [0.15, 0.2) is 0 Å². The molecule has 1 fully saturated rings. The van der Waals surface area contributed by atoms with Gasteiger partial charge < -0.3 is 10.1 Å². The average molecular weight is 290 g/mol. The Hall–Kier alpha value is -0.900. The maximum absolute atomic E-state index is 5.82. The van der Waals surface area contributed by atoms with E-state index < -0.39 is 0 Å². The fourth-order valence-electron chi connectivity index (χ4n) is 2.93. The van der Waals surface area contributed by atoms with Crippen molar-refractivity contribution in [3.8, 4) is 0 Å². The van der Waals surface area contributed by atoms with Crippen LogP contribution in [0.25, 0.3) is 0 Å². The lowest BCUT2D eigenvalue weighted by Gasteiger charge is -2.39. The smallest absolute Gasteiger partial charge is 0.0753 e. The van der Waals surface area contributed by atoms with E-state index in [1.165, 1.54) is 11.1 Å². The Kier molecular flexibility index (Phi) is 5.80. The molecule has 0 radical (unpaired) electrons. The van der Waals surface area contributed by atoms with Crippen LogP contribution in [0.15, 0.2) is 24.3 Å². The molecule has 1 aromatic carbocycles. The number of hydrogen-bond donors (Lipinski definition) is 1. The van der Waals surface area contributed by atoms with Crippen molar-refractivity contribution >= 4 is 0 Å². The first kappa shape index (κ1) is 16.5. The van der Waals surface area contributed by atoms with Crippen LogP contribution in [0.3, 0.4) is 0 Å². The molecule has 3 nitrogen and oxygen atoms in total. The number of nitrogens with one attached hydrogen (secondary N) is 1. The monoisotopic (exact) mass is 290 g/mol. The number of benzene rings is 1. The van der Waals surface area contributed by atoms with Crippen LogP contribution in [0.4, 0.5) is 0 Å². The molecule has 1 aliphatic rings. The molecule has 1 atom stereocenters. The first-order valence-corrected chi connectivity index (χ1v) is 8.16. The highest BCUT2D eigenvalue weighted by Gasteiger charge is 2.28.